The molecule has 0 spiro atoms. The maximum atomic E-state index is 10.8. The van der Waals surface area contributed by atoms with E-state index < -0.39 is 0 Å². The number of rotatable bonds is 2. The Balaban J connectivity index is 3.50. The quantitative estimate of drug-likeness (QED) is 0.778. The molecule has 0 fully saturated rings. The zero-order chi connectivity index (χ0) is 15.0. The fourth-order valence-corrected chi connectivity index (χ4v) is 2.68. The van der Waals surface area contributed by atoms with Crippen molar-refractivity contribution in [2.75, 3.05) is 0 Å². The molecule has 1 aromatic carbocycles. The fraction of sp³-hybridized carbons (Fsp3) is 0.667. The van der Waals surface area contributed by atoms with Gasteiger partial charge in [0, 0.05) is 5.56 Å². The number of phenolic OH excluding ortho intramolecular Hbond substituents is 1. The van der Waals surface area contributed by atoms with E-state index in [1.54, 1.807) is 0 Å². The summed E-state index contributed by atoms with van der Waals surface area (Å²) in [5, 5.41) is 10.8. The van der Waals surface area contributed by atoms with Crippen molar-refractivity contribution in [2.24, 2.45) is 5.92 Å². The summed E-state index contributed by atoms with van der Waals surface area (Å²) in [4.78, 5) is 0. The second-order valence-electron chi connectivity index (χ2n) is 8.09. The second-order valence-corrected chi connectivity index (χ2v) is 8.09. The van der Waals surface area contributed by atoms with E-state index in [0.29, 0.717) is 11.7 Å². The van der Waals surface area contributed by atoms with Gasteiger partial charge in [0.2, 0.25) is 0 Å². The Morgan fingerprint density at radius 3 is 1.84 bits per heavy atom. The third-order valence-corrected chi connectivity index (χ3v) is 3.45. The summed E-state index contributed by atoms with van der Waals surface area (Å²) in [5.41, 5.74) is 3.39. The lowest BCUT2D eigenvalue weighted by Crippen LogP contribution is -2.19. The Morgan fingerprint density at radius 2 is 1.47 bits per heavy atom. The molecule has 0 radical (unpaired) electrons. The lowest BCUT2D eigenvalue weighted by atomic mass is 9.76. The van der Waals surface area contributed by atoms with Crippen molar-refractivity contribution in [3.05, 3.63) is 28.8 Å². The first-order valence-corrected chi connectivity index (χ1v) is 7.30. The molecule has 0 saturated carbocycles. The maximum Gasteiger partial charge on any atom is 0.123 e. The molecule has 1 nitrogen and oxygen atoms in total. The van der Waals surface area contributed by atoms with Crippen LogP contribution in [0.1, 0.15) is 72.1 Å². The van der Waals surface area contributed by atoms with Crippen molar-refractivity contribution in [1.29, 1.82) is 0 Å². The highest BCUT2D eigenvalue weighted by Crippen LogP contribution is 2.41. The largest absolute Gasteiger partial charge is 0.507 e. The molecule has 19 heavy (non-hydrogen) atoms. The van der Waals surface area contributed by atoms with Crippen LogP contribution < -0.4 is 0 Å². The van der Waals surface area contributed by atoms with Gasteiger partial charge >= 0.3 is 0 Å². The van der Waals surface area contributed by atoms with Crippen LogP contribution in [0.15, 0.2) is 12.1 Å². The molecule has 0 aliphatic heterocycles. The van der Waals surface area contributed by atoms with Gasteiger partial charge in [-0.3, -0.25) is 0 Å². The molecule has 1 aromatic rings. The van der Waals surface area contributed by atoms with E-state index in [-0.39, 0.29) is 10.8 Å². The molecular weight excluding hydrogens is 232 g/mol. The Morgan fingerprint density at radius 1 is 0.947 bits per heavy atom. The first kappa shape index (κ1) is 16.1. The van der Waals surface area contributed by atoms with Gasteiger partial charge in [-0.05, 0) is 34.3 Å². The van der Waals surface area contributed by atoms with Gasteiger partial charge in [-0.1, -0.05) is 67.5 Å². The highest BCUT2D eigenvalue weighted by atomic mass is 16.3. The summed E-state index contributed by atoms with van der Waals surface area (Å²) in [7, 11) is 0. The topological polar surface area (TPSA) is 20.2 Å². The van der Waals surface area contributed by atoms with Crippen molar-refractivity contribution < 1.29 is 5.11 Å². The Labute approximate surface area is 119 Å². The maximum absolute atomic E-state index is 10.8. The van der Waals surface area contributed by atoms with Crippen LogP contribution in [-0.4, -0.2) is 5.11 Å². The minimum atomic E-state index is -0.0322. The van der Waals surface area contributed by atoms with Crippen LogP contribution in [0.25, 0.3) is 0 Å². The molecule has 1 N–H and O–H groups in total. The van der Waals surface area contributed by atoms with E-state index in [4.69, 9.17) is 0 Å². The molecule has 108 valence electrons. The lowest BCUT2D eigenvalue weighted by Gasteiger charge is -2.30. The van der Waals surface area contributed by atoms with Gasteiger partial charge in [-0.2, -0.15) is 0 Å². The van der Waals surface area contributed by atoms with Crippen molar-refractivity contribution in [2.45, 2.75) is 72.6 Å². The van der Waals surface area contributed by atoms with E-state index in [1.165, 1.54) is 5.56 Å². The molecule has 0 aliphatic carbocycles. The molecule has 0 bridgehead atoms. The van der Waals surface area contributed by atoms with Crippen molar-refractivity contribution in [1.82, 2.24) is 0 Å². The van der Waals surface area contributed by atoms with Gasteiger partial charge in [0.25, 0.3) is 0 Å². The van der Waals surface area contributed by atoms with Crippen LogP contribution in [0.3, 0.4) is 0 Å². The summed E-state index contributed by atoms with van der Waals surface area (Å²) in [6.07, 6.45) is 1.02. The van der Waals surface area contributed by atoms with E-state index in [0.717, 1.165) is 17.5 Å². The Bertz CT molecular complexity index is 442. The highest BCUT2D eigenvalue weighted by molar-refractivity contribution is 5.51. The van der Waals surface area contributed by atoms with E-state index >= 15 is 0 Å². The minimum Gasteiger partial charge on any atom is -0.507 e. The fourth-order valence-electron chi connectivity index (χ4n) is 2.68. The van der Waals surface area contributed by atoms with E-state index in [1.807, 2.05) is 0 Å². The standard InChI is InChI=1S/C18H30O/c1-12(2)11-13-9-10-14(17(3,4)5)16(19)15(13)18(6,7)8/h9-10,12,19H,11H2,1-8H3. The van der Waals surface area contributed by atoms with Crippen molar-refractivity contribution >= 4 is 0 Å². The summed E-state index contributed by atoms with van der Waals surface area (Å²) >= 11 is 0. The normalized spacial score (nSPS) is 13.1. The number of hydrogen-bond donors (Lipinski definition) is 1. The van der Waals surface area contributed by atoms with Gasteiger partial charge in [-0.15, -0.1) is 0 Å². The third kappa shape index (κ3) is 3.75. The smallest absolute Gasteiger partial charge is 0.123 e. The lowest BCUT2D eigenvalue weighted by molar-refractivity contribution is 0.420. The summed E-state index contributed by atoms with van der Waals surface area (Å²) in [5.74, 6) is 1.10. The average Bonchev–Trinajstić information content (AvgIpc) is 2.11. The Hall–Kier alpha value is -0.980. The molecule has 0 unspecified atom stereocenters. The number of aromatic hydroxyl groups is 1. The van der Waals surface area contributed by atoms with Crippen LogP contribution in [0.2, 0.25) is 0 Å². The number of benzene rings is 1. The van der Waals surface area contributed by atoms with E-state index in [9.17, 15) is 5.11 Å². The Kier molecular flexibility index (Phi) is 4.39. The monoisotopic (exact) mass is 262 g/mol. The van der Waals surface area contributed by atoms with Crippen molar-refractivity contribution in [3.63, 3.8) is 0 Å². The molecular formula is C18H30O. The van der Waals surface area contributed by atoms with Gasteiger partial charge in [0.1, 0.15) is 5.75 Å². The molecule has 0 atom stereocenters. The van der Waals surface area contributed by atoms with Crippen LogP contribution in [-0.2, 0) is 17.3 Å². The highest BCUT2D eigenvalue weighted by Gasteiger charge is 2.28. The summed E-state index contributed by atoms with van der Waals surface area (Å²) < 4.78 is 0. The average molecular weight is 262 g/mol. The predicted octanol–water partition coefficient (Wildman–Crippen LogP) is 5.19. The van der Waals surface area contributed by atoms with Gasteiger partial charge < -0.3 is 5.11 Å². The van der Waals surface area contributed by atoms with Gasteiger partial charge in [-0.25, -0.2) is 0 Å². The van der Waals surface area contributed by atoms with E-state index in [2.05, 4.69) is 67.5 Å². The first-order valence-electron chi connectivity index (χ1n) is 7.30. The number of hydrogen-bond acceptors (Lipinski definition) is 1. The first-order chi connectivity index (χ1) is 8.44. The third-order valence-electron chi connectivity index (χ3n) is 3.45. The van der Waals surface area contributed by atoms with Crippen LogP contribution in [0, 0.1) is 5.92 Å². The molecule has 1 heteroatoms. The van der Waals surface area contributed by atoms with Crippen LogP contribution >= 0.6 is 0 Å². The molecule has 0 amide bonds. The van der Waals surface area contributed by atoms with Gasteiger partial charge in [0.15, 0.2) is 0 Å². The molecule has 0 aromatic heterocycles. The van der Waals surface area contributed by atoms with Crippen molar-refractivity contribution in [3.8, 4) is 5.75 Å². The minimum absolute atomic E-state index is 0.0273. The predicted molar refractivity (Wildman–Crippen MR) is 84.0 cm³/mol. The molecule has 0 saturated heterocycles. The van der Waals surface area contributed by atoms with Crippen LogP contribution in [0.5, 0.6) is 5.75 Å². The zero-order valence-corrected chi connectivity index (χ0v) is 13.9. The number of phenols is 1. The van der Waals surface area contributed by atoms with Crippen LogP contribution in [0.4, 0.5) is 0 Å². The zero-order valence-electron chi connectivity index (χ0n) is 13.9. The summed E-state index contributed by atoms with van der Waals surface area (Å²) in [6.45, 7) is 17.4. The second kappa shape index (κ2) is 5.19. The molecule has 0 heterocycles. The summed E-state index contributed by atoms with van der Waals surface area (Å²) in [6, 6.07) is 4.31. The molecule has 1 rings (SSSR count). The van der Waals surface area contributed by atoms with Gasteiger partial charge in [0.05, 0.1) is 0 Å². The SMILES string of the molecule is CC(C)Cc1ccc(C(C)(C)C)c(O)c1C(C)(C)C. The molecule has 0 aliphatic rings.